The number of likely N-dealkylation sites (N-methyl/N-ethyl adjacent to an activating group) is 1. The highest BCUT2D eigenvalue weighted by molar-refractivity contribution is 7.89. The van der Waals surface area contributed by atoms with Crippen molar-refractivity contribution in [1.82, 2.24) is 9.62 Å². The molecule has 0 spiro atoms. The van der Waals surface area contributed by atoms with Gasteiger partial charge in [0.1, 0.15) is 0 Å². The standard InChI is InChI=1S/C13H28N2O3S/c1-5-15(10-13-7-6-8-18-13)19(16,17)12(4)9-14-11(2)3/h11-14H,5-10H2,1-4H3. The maximum atomic E-state index is 12.5. The van der Waals surface area contributed by atoms with Gasteiger partial charge in [0.25, 0.3) is 0 Å². The molecule has 2 unspecified atom stereocenters. The summed E-state index contributed by atoms with van der Waals surface area (Å²) in [5.74, 6) is 0. The van der Waals surface area contributed by atoms with Gasteiger partial charge in [-0.05, 0) is 19.8 Å². The molecule has 0 aliphatic carbocycles. The third-order valence-corrected chi connectivity index (χ3v) is 5.78. The lowest BCUT2D eigenvalue weighted by Gasteiger charge is -2.27. The van der Waals surface area contributed by atoms with Crippen LogP contribution in [-0.2, 0) is 14.8 Å². The average Bonchev–Trinajstić information content (AvgIpc) is 2.85. The van der Waals surface area contributed by atoms with Crippen molar-refractivity contribution in [2.45, 2.75) is 57.9 Å². The van der Waals surface area contributed by atoms with E-state index in [9.17, 15) is 8.42 Å². The number of hydrogen-bond donors (Lipinski definition) is 1. The second kappa shape index (κ2) is 7.57. The van der Waals surface area contributed by atoms with Gasteiger partial charge in [-0.15, -0.1) is 0 Å². The van der Waals surface area contributed by atoms with E-state index < -0.39 is 15.3 Å². The molecule has 2 atom stereocenters. The molecule has 0 saturated carbocycles. The summed E-state index contributed by atoms with van der Waals surface area (Å²) in [5, 5.41) is 2.78. The molecule has 1 aliphatic heterocycles. The smallest absolute Gasteiger partial charge is 0.218 e. The molecule has 1 N–H and O–H groups in total. The van der Waals surface area contributed by atoms with Crippen LogP contribution >= 0.6 is 0 Å². The zero-order valence-electron chi connectivity index (χ0n) is 12.6. The Morgan fingerprint density at radius 1 is 1.37 bits per heavy atom. The summed E-state index contributed by atoms with van der Waals surface area (Å²) in [6.45, 7) is 9.93. The van der Waals surface area contributed by atoms with Crippen LogP contribution in [0.2, 0.25) is 0 Å². The number of nitrogens with one attached hydrogen (secondary N) is 1. The van der Waals surface area contributed by atoms with Gasteiger partial charge in [0.05, 0.1) is 11.4 Å². The summed E-state index contributed by atoms with van der Waals surface area (Å²) in [6.07, 6.45) is 2.07. The Labute approximate surface area is 117 Å². The second-order valence-corrected chi connectivity index (χ2v) is 7.86. The topological polar surface area (TPSA) is 58.6 Å². The zero-order chi connectivity index (χ0) is 14.5. The number of hydrogen-bond acceptors (Lipinski definition) is 4. The summed E-state index contributed by atoms with van der Waals surface area (Å²) in [7, 11) is -3.24. The average molecular weight is 292 g/mol. The Balaban J connectivity index is 2.60. The minimum Gasteiger partial charge on any atom is -0.377 e. The molecule has 1 saturated heterocycles. The highest BCUT2D eigenvalue weighted by Gasteiger charge is 2.30. The molecule has 1 fully saturated rings. The lowest BCUT2D eigenvalue weighted by molar-refractivity contribution is 0.0945. The Bertz CT molecular complexity index is 351. The molecular formula is C13H28N2O3S. The summed E-state index contributed by atoms with van der Waals surface area (Å²) in [4.78, 5) is 0. The largest absolute Gasteiger partial charge is 0.377 e. The predicted octanol–water partition coefficient (Wildman–Crippen LogP) is 1.20. The van der Waals surface area contributed by atoms with Gasteiger partial charge < -0.3 is 10.1 Å². The third-order valence-electron chi connectivity index (χ3n) is 3.47. The lowest BCUT2D eigenvalue weighted by atomic mass is 10.2. The fraction of sp³-hybridized carbons (Fsp3) is 1.00. The van der Waals surface area contributed by atoms with E-state index in [1.807, 2.05) is 20.8 Å². The molecule has 0 aromatic carbocycles. The highest BCUT2D eigenvalue weighted by atomic mass is 32.2. The molecule has 0 aromatic rings. The van der Waals surface area contributed by atoms with Crippen molar-refractivity contribution in [2.24, 2.45) is 0 Å². The van der Waals surface area contributed by atoms with Crippen LogP contribution in [0.25, 0.3) is 0 Å². The number of sulfonamides is 1. The molecular weight excluding hydrogens is 264 g/mol. The van der Waals surface area contributed by atoms with E-state index in [0.29, 0.717) is 25.7 Å². The molecule has 6 heteroatoms. The van der Waals surface area contributed by atoms with Crippen LogP contribution in [0.1, 0.15) is 40.5 Å². The van der Waals surface area contributed by atoms with Crippen LogP contribution in [0.3, 0.4) is 0 Å². The van der Waals surface area contributed by atoms with Crippen molar-refractivity contribution in [2.75, 3.05) is 26.2 Å². The van der Waals surface area contributed by atoms with Crippen molar-refractivity contribution in [1.29, 1.82) is 0 Å². The van der Waals surface area contributed by atoms with Crippen molar-refractivity contribution in [3.05, 3.63) is 0 Å². The van der Waals surface area contributed by atoms with E-state index in [1.165, 1.54) is 0 Å². The molecule has 1 heterocycles. The van der Waals surface area contributed by atoms with Crippen LogP contribution in [0.15, 0.2) is 0 Å². The first-order valence-electron chi connectivity index (χ1n) is 7.21. The second-order valence-electron chi connectivity index (χ2n) is 5.50. The first-order valence-corrected chi connectivity index (χ1v) is 8.72. The normalized spacial score (nSPS) is 22.3. The highest BCUT2D eigenvalue weighted by Crippen LogP contribution is 2.17. The SMILES string of the molecule is CCN(CC1CCCO1)S(=O)(=O)C(C)CNC(C)C. The lowest BCUT2D eigenvalue weighted by Crippen LogP contribution is -2.45. The van der Waals surface area contributed by atoms with Gasteiger partial charge in [-0.25, -0.2) is 8.42 Å². The van der Waals surface area contributed by atoms with Gasteiger partial charge in [0, 0.05) is 32.3 Å². The van der Waals surface area contributed by atoms with E-state index in [0.717, 1.165) is 19.4 Å². The molecule has 19 heavy (non-hydrogen) atoms. The van der Waals surface area contributed by atoms with Crippen LogP contribution in [0.4, 0.5) is 0 Å². The van der Waals surface area contributed by atoms with E-state index in [1.54, 1.807) is 11.2 Å². The van der Waals surface area contributed by atoms with Crippen molar-refractivity contribution in [3.8, 4) is 0 Å². The maximum Gasteiger partial charge on any atom is 0.218 e. The quantitative estimate of drug-likeness (QED) is 0.730. The van der Waals surface area contributed by atoms with Gasteiger partial charge in [0.15, 0.2) is 0 Å². The third kappa shape index (κ3) is 5.02. The van der Waals surface area contributed by atoms with Gasteiger partial charge in [0.2, 0.25) is 10.0 Å². The van der Waals surface area contributed by atoms with Crippen molar-refractivity contribution < 1.29 is 13.2 Å². The number of rotatable bonds is 8. The minimum absolute atomic E-state index is 0.0694. The fourth-order valence-corrected chi connectivity index (χ4v) is 3.74. The summed E-state index contributed by atoms with van der Waals surface area (Å²) in [6, 6.07) is 0.297. The Kier molecular flexibility index (Phi) is 6.73. The molecule has 0 amide bonds. The predicted molar refractivity (Wildman–Crippen MR) is 77.7 cm³/mol. The zero-order valence-corrected chi connectivity index (χ0v) is 13.4. The number of nitrogens with zero attached hydrogens (tertiary/aromatic N) is 1. The summed E-state index contributed by atoms with van der Waals surface area (Å²) >= 11 is 0. The Morgan fingerprint density at radius 2 is 2.05 bits per heavy atom. The number of ether oxygens (including phenoxy) is 1. The monoisotopic (exact) mass is 292 g/mol. The van der Waals surface area contributed by atoms with Crippen molar-refractivity contribution >= 4 is 10.0 Å². The molecule has 0 bridgehead atoms. The molecule has 1 rings (SSSR count). The molecule has 0 aromatic heterocycles. The van der Waals surface area contributed by atoms with Gasteiger partial charge >= 0.3 is 0 Å². The first kappa shape index (κ1) is 16.9. The van der Waals surface area contributed by atoms with Gasteiger partial charge in [-0.3, -0.25) is 0 Å². The first-order chi connectivity index (χ1) is 8.87. The fourth-order valence-electron chi connectivity index (χ4n) is 2.19. The maximum absolute atomic E-state index is 12.5. The van der Waals surface area contributed by atoms with Gasteiger partial charge in [-0.1, -0.05) is 20.8 Å². The van der Waals surface area contributed by atoms with E-state index in [4.69, 9.17) is 4.74 Å². The van der Waals surface area contributed by atoms with Crippen LogP contribution in [-0.4, -0.2) is 56.4 Å². The summed E-state index contributed by atoms with van der Waals surface area (Å²) < 4.78 is 32.1. The van der Waals surface area contributed by atoms with Crippen LogP contribution in [0.5, 0.6) is 0 Å². The molecule has 1 aliphatic rings. The van der Waals surface area contributed by atoms with E-state index in [2.05, 4.69) is 5.32 Å². The molecule has 5 nitrogen and oxygen atoms in total. The molecule has 0 radical (unpaired) electrons. The van der Waals surface area contributed by atoms with Crippen molar-refractivity contribution in [3.63, 3.8) is 0 Å². The van der Waals surface area contributed by atoms with Gasteiger partial charge in [-0.2, -0.15) is 4.31 Å². The van der Waals surface area contributed by atoms with Crippen LogP contribution < -0.4 is 5.32 Å². The Morgan fingerprint density at radius 3 is 2.53 bits per heavy atom. The molecule has 114 valence electrons. The van der Waals surface area contributed by atoms with Crippen LogP contribution in [0, 0.1) is 0 Å². The van der Waals surface area contributed by atoms with E-state index in [-0.39, 0.29) is 6.10 Å². The summed E-state index contributed by atoms with van der Waals surface area (Å²) in [5.41, 5.74) is 0. The minimum atomic E-state index is -3.24. The van der Waals surface area contributed by atoms with E-state index >= 15 is 0 Å². The Hall–Kier alpha value is -0.170.